The fourth-order valence-electron chi connectivity index (χ4n) is 0.986. The lowest BCUT2D eigenvalue weighted by Crippen LogP contribution is -2.17. The molecule has 0 spiro atoms. The van der Waals surface area contributed by atoms with Crippen molar-refractivity contribution in [3.63, 3.8) is 0 Å². The molecular formula is C5H8Br2O2S. The van der Waals surface area contributed by atoms with Gasteiger partial charge in [-0.2, -0.15) is 0 Å². The molecule has 1 rings (SSSR count). The van der Waals surface area contributed by atoms with Crippen LogP contribution >= 0.6 is 31.9 Å². The maximum atomic E-state index is 11.2. The SMILES string of the molecule is CC1CC(Br)C(Br)S1(=O)=O. The number of hydrogen-bond donors (Lipinski definition) is 0. The highest BCUT2D eigenvalue weighted by atomic mass is 79.9. The first-order valence-electron chi connectivity index (χ1n) is 2.97. The molecule has 3 atom stereocenters. The van der Waals surface area contributed by atoms with Gasteiger partial charge in [0.25, 0.3) is 0 Å². The molecule has 0 radical (unpaired) electrons. The van der Waals surface area contributed by atoms with Gasteiger partial charge in [0.2, 0.25) is 0 Å². The van der Waals surface area contributed by atoms with E-state index in [4.69, 9.17) is 0 Å². The fourth-order valence-corrected chi connectivity index (χ4v) is 5.46. The van der Waals surface area contributed by atoms with Crippen LogP contribution in [0.1, 0.15) is 13.3 Å². The Morgan fingerprint density at radius 1 is 1.40 bits per heavy atom. The summed E-state index contributed by atoms with van der Waals surface area (Å²) in [5.74, 6) is 0. The molecule has 1 saturated heterocycles. The summed E-state index contributed by atoms with van der Waals surface area (Å²) in [5, 5.41) is -0.207. The molecule has 0 bridgehead atoms. The second-order valence-electron chi connectivity index (χ2n) is 2.50. The minimum absolute atomic E-state index is 0.0764. The minimum Gasteiger partial charge on any atom is -0.227 e. The van der Waals surface area contributed by atoms with E-state index in [0.717, 1.165) is 0 Å². The topological polar surface area (TPSA) is 34.1 Å². The molecule has 1 aliphatic rings. The predicted molar refractivity (Wildman–Crippen MR) is 48.4 cm³/mol. The van der Waals surface area contributed by atoms with Gasteiger partial charge in [0, 0.05) is 4.83 Å². The average molecular weight is 292 g/mol. The maximum Gasteiger partial charge on any atom is 0.166 e. The summed E-state index contributed by atoms with van der Waals surface area (Å²) in [4.78, 5) is 0.0764. The zero-order valence-corrected chi connectivity index (χ0v) is 9.41. The standard InChI is InChI=1S/C5H8Br2O2S/c1-3-2-4(6)5(7)10(3,8)9/h3-5H,2H2,1H3. The van der Waals surface area contributed by atoms with E-state index in [2.05, 4.69) is 31.9 Å². The lowest BCUT2D eigenvalue weighted by atomic mass is 10.3. The summed E-state index contributed by atoms with van der Waals surface area (Å²) >= 11 is 6.42. The van der Waals surface area contributed by atoms with Gasteiger partial charge in [0.15, 0.2) is 9.84 Å². The monoisotopic (exact) mass is 290 g/mol. The van der Waals surface area contributed by atoms with Crippen molar-refractivity contribution in [1.29, 1.82) is 0 Å². The summed E-state index contributed by atoms with van der Waals surface area (Å²) in [6, 6.07) is 0. The smallest absolute Gasteiger partial charge is 0.166 e. The van der Waals surface area contributed by atoms with E-state index < -0.39 is 14.0 Å². The molecule has 0 aromatic carbocycles. The van der Waals surface area contributed by atoms with Crippen molar-refractivity contribution in [1.82, 2.24) is 0 Å². The minimum atomic E-state index is -2.88. The molecule has 2 nitrogen and oxygen atoms in total. The number of hydrogen-bond acceptors (Lipinski definition) is 2. The Labute approximate surface area is 77.6 Å². The van der Waals surface area contributed by atoms with Gasteiger partial charge in [-0.25, -0.2) is 8.42 Å². The maximum absolute atomic E-state index is 11.2. The molecular weight excluding hydrogens is 284 g/mol. The van der Waals surface area contributed by atoms with E-state index in [1.807, 2.05) is 0 Å². The molecule has 0 aromatic heterocycles. The molecule has 1 heterocycles. The fraction of sp³-hybridized carbons (Fsp3) is 1.00. The molecule has 0 aromatic rings. The van der Waals surface area contributed by atoms with Crippen molar-refractivity contribution in [3.05, 3.63) is 0 Å². The predicted octanol–water partition coefficient (Wildman–Crippen LogP) is 1.68. The van der Waals surface area contributed by atoms with Crippen LogP contribution in [0.5, 0.6) is 0 Å². The highest BCUT2D eigenvalue weighted by molar-refractivity contribution is 9.13. The highest BCUT2D eigenvalue weighted by Gasteiger charge is 2.42. The van der Waals surface area contributed by atoms with Crippen molar-refractivity contribution in [2.75, 3.05) is 0 Å². The molecule has 1 fully saturated rings. The first-order chi connectivity index (χ1) is 4.46. The van der Waals surface area contributed by atoms with Crippen LogP contribution in [0, 0.1) is 0 Å². The highest BCUT2D eigenvalue weighted by Crippen LogP contribution is 2.35. The first kappa shape index (κ1) is 9.00. The molecule has 0 saturated carbocycles. The van der Waals surface area contributed by atoms with Gasteiger partial charge >= 0.3 is 0 Å². The third-order valence-electron chi connectivity index (χ3n) is 1.72. The van der Waals surface area contributed by atoms with Crippen molar-refractivity contribution < 1.29 is 8.42 Å². The second-order valence-corrected chi connectivity index (χ2v) is 7.76. The number of alkyl halides is 2. The molecule has 0 N–H and O–H groups in total. The van der Waals surface area contributed by atoms with E-state index in [9.17, 15) is 8.42 Å². The zero-order valence-electron chi connectivity index (χ0n) is 5.42. The summed E-state index contributed by atoms with van der Waals surface area (Å²) in [6.45, 7) is 1.74. The van der Waals surface area contributed by atoms with Crippen molar-refractivity contribution >= 4 is 41.7 Å². The number of sulfone groups is 1. The summed E-state index contributed by atoms with van der Waals surface area (Å²) in [7, 11) is -2.88. The lowest BCUT2D eigenvalue weighted by Gasteiger charge is -2.02. The molecule has 10 heavy (non-hydrogen) atoms. The van der Waals surface area contributed by atoms with Crippen LogP contribution in [0.2, 0.25) is 0 Å². The van der Waals surface area contributed by atoms with Crippen molar-refractivity contribution in [3.8, 4) is 0 Å². The molecule has 60 valence electrons. The largest absolute Gasteiger partial charge is 0.227 e. The van der Waals surface area contributed by atoms with E-state index in [1.165, 1.54) is 0 Å². The van der Waals surface area contributed by atoms with Gasteiger partial charge in [-0.3, -0.25) is 0 Å². The van der Waals surface area contributed by atoms with Gasteiger partial charge in [-0.05, 0) is 13.3 Å². The van der Waals surface area contributed by atoms with E-state index >= 15 is 0 Å². The van der Waals surface area contributed by atoms with Crippen LogP contribution in [0.25, 0.3) is 0 Å². The zero-order chi connectivity index (χ0) is 7.94. The van der Waals surface area contributed by atoms with Gasteiger partial charge in [0.1, 0.15) is 4.16 Å². The summed E-state index contributed by atoms with van der Waals surface area (Å²) in [5.41, 5.74) is 0. The average Bonchev–Trinajstić information content (AvgIpc) is 1.97. The van der Waals surface area contributed by atoms with Crippen LogP contribution in [-0.4, -0.2) is 22.7 Å². The molecule has 0 amide bonds. The lowest BCUT2D eigenvalue weighted by molar-refractivity contribution is 0.592. The Hall–Kier alpha value is 0.910. The Kier molecular flexibility index (Phi) is 2.48. The first-order valence-corrected chi connectivity index (χ1v) is 6.41. The Morgan fingerprint density at radius 3 is 2.00 bits per heavy atom. The summed E-state index contributed by atoms with van der Waals surface area (Å²) in [6.07, 6.45) is 0.707. The number of rotatable bonds is 0. The van der Waals surface area contributed by atoms with Crippen LogP contribution in [0.15, 0.2) is 0 Å². The third-order valence-corrected chi connectivity index (χ3v) is 8.15. The Bertz CT molecular complexity index is 224. The van der Waals surface area contributed by atoms with Gasteiger partial charge < -0.3 is 0 Å². The van der Waals surface area contributed by atoms with Gasteiger partial charge in [0.05, 0.1) is 5.25 Å². The Morgan fingerprint density at radius 2 is 1.90 bits per heavy atom. The third kappa shape index (κ3) is 1.28. The van der Waals surface area contributed by atoms with Gasteiger partial charge in [-0.15, -0.1) is 0 Å². The van der Waals surface area contributed by atoms with Crippen LogP contribution in [0.4, 0.5) is 0 Å². The molecule has 1 aliphatic heterocycles. The van der Waals surface area contributed by atoms with E-state index in [1.54, 1.807) is 6.92 Å². The normalized spacial score (nSPS) is 45.7. The quantitative estimate of drug-likeness (QED) is 0.637. The summed E-state index contributed by atoms with van der Waals surface area (Å²) < 4.78 is 22.1. The van der Waals surface area contributed by atoms with Crippen LogP contribution in [-0.2, 0) is 9.84 Å². The second kappa shape index (κ2) is 2.75. The van der Waals surface area contributed by atoms with E-state index in [-0.39, 0.29) is 10.1 Å². The Balaban J connectivity index is 2.97. The van der Waals surface area contributed by atoms with Crippen LogP contribution < -0.4 is 0 Å². The molecule has 3 unspecified atom stereocenters. The van der Waals surface area contributed by atoms with Gasteiger partial charge in [-0.1, -0.05) is 31.9 Å². The molecule has 5 heteroatoms. The van der Waals surface area contributed by atoms with Crippen molar-refractivity contribution in [2.24, 2.45) is 0 Å². The van der Waals surface area contributed by atoms with Crippen LogP contribution in [0.3, 0.4) is 0 Å². The van der Waals surface area contributed by atoms with Crippen molar-refractivity contribution in [2.45, 2.75) is 27.6 Å². The molecule has 0 aliphatic carbocycles. The number of halogens is 2. The van der Waals surface area contributed by atoms with E-state index in [0.29, 0.717) is 6.42 Å².